The van der Waals surface area contributed by atoms with E-state index in [9.17, 15) is 4.79 Å². The van der Waals surface area contributed by atoms with Gasteiger partial charge in [0, 0.05) is 28.9 Å². The van der Waals surface area contributed by atoms with Gasteiger partial charge in [-0.3, -0.25) is 9.69 Å². The predicted octanol–water partition coefficient (Wildman–Crippen LogP) is 3.57. The summed E-state index contributed by atoms with van der Waals surface area (Å²) in [6.07, 6.45) is 1.30. The fourth-order valence-corrected chi connectivity index (χ4v) is 4.38. The van der Waals surface area contributed by atoms with Crippen molar-refractivity contribution in [2.24, 2.45) is 5.92 Å². The van der Waals surface area contributed by atoms with Gasteiger partial charge >= 0.3 is 5.97 Å². The van der Waals surface area contributed by atoms with Crippen molar-refractivity contribution >= 4 is 49.2 Å². The fourth-order valence-electron chi connectivity index (χ4n) is 2.16. The average Bonchev–Trinajstić information content (AvgIpc) is 2.75. The molecule has 1 aromatic rings. The van der Waals surface area contributed by atoms with Crippen LogP contribution in [0.3, 0.4) is 0 Å². The van der Waals surface area contributed by atoms with Gasteiger partial charge in [0.05, 0.1) is 3.79 Å². The van der Waals surface area contributed by atoms with Gasteiger partial charge in [0.25, 0.3) is 0 Å². The molecule has 1 fully saturated rings. The first-order chi connectivity index (χ1) is 8.04. The Hall–Kier alpha value is 0.0900. The molecule has 1 aromatic heterocycles. The maximum Gasteiger partial charge on any atom is 0.303 e. The van der Waals surface area contributed by atoms with E-state index in [0.29, 0.717) is 12.3 Å². The summed E-state index contributed by atoms with van der Waals surface area (Å²) >= 11 is 8.69. The zero-order valence-electron chi connectivity index (χ0n) is 9.16. The molecule has 6 heteroatoms. The Labute approximate surface area is 121 Å². The molecule has 1 aliphatic rings. The highest BCUT2D eigenvalue weighted by molar-refractivity contribution is 9.13. The summed E-state index contributed by atoms with van der Waals surface area (Å²) in [6, 6.07) is 2.12. The van der Waals surface area contributed by atoms with Gasteiger partial charge in [0.2, 0.25) is 0 Å². The van der Waals surface area contributed by atoms with Crippen molar-refractivity contribution in [3.8, 4) is 0 Å². The monoisotopic (exact) mass is 381 g/mol. The molecule has 1 unspecified atom stereocenters. The normalized spacial score (nSPS) is 20.9. The van der Waals surface area contributed by atoms with Gasteiger partial charge in [-0.2, -0.15) is 0 Å². The van der Waals surface area contributed by atoms with Crippen molar-refractivity contribution in [3.05, 3.63) is 19.2 Å². The van der Waals surface area contributed by atoms with Crippen molar-refractivity contribution in [3.63, 3.8) is 0 Å². The number of carboxylic acid groups (broad SMARTS) is 1. The summed E-state index contributed by atoms with van der Waals surface area (Å²) in [6.45, 7) is 2.83. The average molecular weight is 383 g/mol. The molecule has 0 spiro atoms. The lowest BCUT2D eigenvalue weighted by Gasteiger charge is -2.13. The molecule has 2 rings (SSSR count). The minimum atomic E-state index is -0.682. The number of halogens is 2. The standard InChI is InChI=1S/C11H13Br2NO2S/c12-9-4-8(17-11(9)13)6-14-2-1-7(5-14)3-10(15)16/h4,7H,1-3,5-6H2,(H,15,16). The number of carboxylic acids is 1. The van der Waals surface area contributed by atoms with Gasteiger partial charge in [-0.1, -0.05) is 0 Å². The Balaban J connectivity index is 1.87. The molecule has 0 saturated carbocycles. The molecule has 0 aromatic carbocycles. The first kappa shape index (κ1) is 13.5. The topological polar surface area (TPSA) is 40.5 Å². The van der Waals surface area contributed by atoms with Crippen LogP contribution in [-0.4, -0.2) is 29.1 Å². The number of carbonyl (C=O) groups is 1. The molecule has 94 valence electrons. The molecule has 0 radical (unpaired) electrons. The summed E-state index contributed by atoms with van der Waals surface area (Å²) in [4.78, 5) is 14.3. The summed E-state index contributed by atoms with van der Waals surface area (Å²) in [7, 11) is 0. The van der Waals surface area contributed by atoms with E-state index in [-0.39, 0.29) is 0 Å². The molecular formula is C11H13Br2NO2S. The Morgan fingerprint density at radius 2 is 2.35 bits per heavy atom. The number of aliphatic carboxylic acids is 1. The Kier molecular flexibility index (Phi) is 4.63. The van der Waals surface area contributed by atoms with Crippen LogP contribution in [0.5, 0.6) is 0 Å². The Morgan fingerprint density at radius 3 is 2.94 bits per heavy atom. The van der Waals surface area contributed by atoms with Gasteiger partial charge < -0.3 is 5.11 Å². The number of thiophene rings is 1. The molecule has 1 N–H and O–H groups in total. The number of likely N-dealkylation sites (tertiary alicyclic amines) is 1. The quantitative estimate of drug-likeness (QED) is 0.865. The first-order valence-electron chi connectivity index (χ1n) is 5.42. The van der Waals surface area contributed by atoms with Crippen LogP contribution in [0.25, 0.3) is 0 Å². The number of rotatable bonds is 4. The SMILES string of the molecule is O=C(O)CC1CCN(Cc2cc(Br)c(Br)s2)C1. The maximum atomic E-state index is 10.6. The summed E-state index contributed by atoms with van der Waals surface area (Å²) < 4.78 is 2.22. The first-order valence-corrected chi connectivity index (χ1v) is 7.82. The zero-order valence-corrected chi connectivity index (χ0v) is 13.1. The highest BCUT2D eigenvalue weighted by Crippen LogP contribution is 2.33. The molecule has 0 aliphatic carbocycles. The smallest absolute Gasteiger partial charge is 0.303 e. The van der Waals surface area contributed by atoms with Gasteiger partial charge in [-0.05, 0) is 56.8 Å². The molecule has 1 atom stereocenters. The molecule has 0 amide bonds. The van der Waals surface area contributed by atoms with E-state index in [0.717, 1.165) is 34.3 Å². The van der Waals surface area contributed by atoms with Crippen molar-refractivity contribution in [1.29, 1.82) is 0 Å². The van der Waals surface area contributed by atoms with Crippen molar-refractivity contribution < 1.29 is 9.90 Å². The molecule has 1 aliphatic heterocycles. The molecular weight excluding hydrogens is 370 g/mol. The third kappa shape index (κ3) is 3.77. The predicted molar refractivity (Wildman–Crippen MR) is 75.4 cm³/mol. The van der Waals surface area contributed by atoms with Gasteiger partial charge in [0.15, 0.2) is 0 Å². The lowest BCUT2D eigenvalue weighted by Crippen LogP contribution is -2.20. The van der Waals surface area contributed by atoms with E-state index in [1.165, 1.54) is 4.88 Å². The van der Waals surface area contributed by atoms with Crippen LogP contribution in [0.4, 0.5) is 0 Å². The summed E-state index contributed by atoms with van der Waals surface area (Å²) in [5.41, 5.74) is 0. The van der Waals surface area contributed by atoms with Crippen molar-refractivity contribution in [1.82, 2.24) is 4.90 Å². The Morgan fingerprint density at radius 1 is 1.59 bits per heavy atom. The second kappa shape index (κ2) is 5.82. The van der Waals surface area contributed by atoms with E-state index in [4.69, 9.17) is 5.11 Å². The number of nitrogens with zero attached hydrogens (tertiary/aromatic N) is 1. The van der Waals surface area contributed by atoms with Crippen LogP contribution in [-0.2, 0) is 11.3 Å². The van der Waals surface area contributed by atoms with Crippen LogP contribution in [0.15, 0.2) is 14.3 Å². The highest BCUT2D eigenvalue weighted by Gasteiger charge is 2.24. The van der Waals surface area contributed by atoms with E-state index in [2.05, 4.69) is 42.8 Å². The summed E-state index contributed by atoms with van der Waals surface area (Å²) in [5, 5.41) is 8.76. The van der Waals surface area contributed by atoms with E-state index in [1.54, 1.807) is 11.3 Å². The molecule has 3 nitrogen and oxygen atoms in total. The number of hydrogen-bond acceptors (Lipinski definition) is 3. The molecule has 0 bridgehead atoms. The summed E-state index contributed by atoms with van der Waals surface area (Å²) in [5.74, 6) is -0.363. The second-order valence-electron chi connectivity index (χ2n) is 4.32. The van der Waals surface area contributed by atoms with Crippen molar-refractivity contribution in [2.75, 3.05) is 13.1 Å². The van der Waals surface area contributed by atoms with E-state index >= 15 is 0 Å². The zero-order chi connectivity index (χ0) is 12.4. The third-order valence-corrected chi connectivity index (χ3v) is 6.15. The van der Waals surface area contributed by atoms with Gasteiger partial charge in [-0.25, -0.2) is 0 Å². The van der Waals surface area contributed by atoms with Crippen LogP contribution in [0.2, 0.25) is 0 Å². The minimum absolute atomic E-state index is 0.300. The lowest BCUT2D eigenvalue weighted by molar-refractivity contribution is -0.138. The maximum absolute atomic E-state index is 10.6. The van der Waals surface area contributed by atoms with Gasteiger partial charge in [0.1, 0.15) is 0 Å². The van der Waals surface area contributed by atoms with Crippen LogP contribution in [0.1, 0.15) is 17.7 Å². The lowest BCUT2D eigenvalue weighted by atomic mass is 10.1. The highest BCUT2D eigenvalue weighted by atomic mass is 79.9. The van der Waals surface area contributed by atoms with E-state index in [1.807, 2.05) is 0 Å². The van der Waals surface area contributed by atoms with Crippen LogP contribution < -0.4 is 0 Å². The third-order valence-electron chi connectivity index (χ3n) is 2.91. The second-order valence-corrected chi connectivity index (χ2v) is 7.63. The molecule has 17 heavy (non-hydrogen) atoms. The van der Waals surface area contributed by atoms with Crippen LogP contribution >= 0.6 is 43.2 Å². The fraction of sp³-hybridized carbons (Fsp3) is 0.545. The Bertz CT molecular complexity index is 402. The van der Waals surface area contributed by atoms with E-state index < -0.39 is 5.97 Å². The van der Waals surface area contributed by atoms with Crippen LogP contribution in [0, 0.1) is 5.92 Å². The largest absolute Gasteiger partial charge is 0.481 e. The molecule has 2 heterocycles. The number of hydrogen-bond donors (Lipinski definition) is 1. The molecule has 1 saturated heterocycles. The van der Waals surface area contributed by atoms with Crippen molar-refractivity contribution in [2.45, 2.75) is 19.4 Å². The minimum Gasteiger partial charge on any atom is -0.481 e. The van der Waals surface area contributed by atoms with Gasteiger partial charge in [-0.15, -0.1) is 11.3 Å².